The standard InChI is InChI=1S/C24H29NO4/c1-17(2)14-21(24(28)29-3)25-23(27)20(15-18-10-6-4-7-11-18)16-22(26)19-12-8-5-9-13-19/h4-13,17,20-21H,14-16H2,1-3H3,(H,25,27)/t20?,21-/m0/s1. The lowest BCUT2D eigenvalue weighted by molar-refractivity contribution is -0.146. The summed E-state index contributed by atoms with van der Waals surface area (Å²) in [5, 5.41) is 2.81. The van der Waals surface area contributed by atoms with Gasteiger partial charge in [0.25, 0.3) is 0 Å². The van der Waals surface area contributed by atoms with Crippen LogP contribution in [0.3, 0.4) is 0 Å². The zero-order valence-electron chi connectivity index (χ0n) is 17.3. The van der Waals surface area contributed by atoms with E-state index in [1.165, 1.54) is 7.11 Å². The maximum Gasteiger partial charge on any atom is 0.328 e. The number of hydrogen-bond donors (Lipinski definition) is 1. The van der Waals surface area contributed by atoms with Crippen molar-refractivity contribution in [3.05, 3.63) is 71.8 Å². The van der Waals surface area contributed by atoms with Gasteiger partial charge in [-0.15, -0.1) is 0 Å². The third-order valence-corrected chi connectivity index (χ3v) is 4.73. The molecule has 1 N–H and O–H groups in total. The maximum absolute atomic E-state index is 13.1. The van der Waals surface area contributed by atoms with Crippen molar-refractivity contribution in [3.8, 4) is 0 Å². The molecule has 0 saturated heterocycles. The number of Topliss-reactive ketones (excluding diaryl/α,β-unsaturated/α-hetero) is 1. The van der Waals surface area contributed by atoms with Gasteiger partial charge in [0.2, 0.25) is 5.91 Å². The normalized spacial score (nSPS) is 12.8. The third kappa shape index (κ3) is 7.18. The van der Waals surface area contributed by atoms with Crippen molar-refractivity contribution < 1.29 is 19.1 Å². The van der Waals surface area contributed by atoms with Crippen LogP contribution >= 0.6 is 0 Å². The van der Waals surface area contributed by atoms with Crippen molar-refractivity contribution >= 4 is 17.7 Å². The van der Waals surface area contributed by atoms with Crippen LogP contribution in [-0.2, 0) is 20.7 Å². The molecule has 0 bridgehead atoms. The van der Waals surface area contributed by atoms with Crippen molar-refractivity contribution in [2.45, 2.75) is 39.2 Å². The van der Waals surface area contributed by atoms with Crippen LogP contribution in [0.25, 0.3) is 0 Å². The number of amides is 1. The Hall–Kier alpha value is -2.95. The molecule has 2 aromatic rings. The second-order valence-corrected chi connectivity index (χ2v) is 7.59. The zero-order chi connectivity index (χ0) is 21.2. The Balaban J connectivity index is 2.19. The molecule has 0 radical (unpaired) electrons. The van der Waals surface area contributed by atoms with Crippen molar-refractivity contribution in [1.29, 1.82) is 0 Å². The van der Waals surface area contributed by atoms with E-state index in [1.807, 2.05) is 50.2 Å². The smallest absolute Gasteiger partial charge is 0.328 e. The summed E-state index contributed by atoms with van der Waals surface area (Å²) in [6.07, 6.45) is 0.963. The van der Waals surface area contributed by atoms with Crippen LogP contribution in [0.1, 0.15) is 42.6 Å². The summed E-state index contributed by atoms with van der Waals surface area (Å²) in [5.41, 5.74) is 1.54. The number of rotatable bonds is 10. The highest BCUT2D eigenvalue weighted by atomic mass is 16.5. The Morgan fingerprint density at radius 1 is 0.931 bits per heavy atom. The first-order valence-electron chi connectivity index (χ1n) is 9.91. The van der Waals surface area contributed by atoms with Crippen LogP contribution in [0, 0.1) is 11.8 Å². The molecule has 2 atom stereocenters. The molecule has 0 spiro atoms. The lowest BCUT2D eigenvalue weighted by atomic mass is 9.90. The Kier molecular flexibility index (Phi) is 8.59. The molecule has 0 saturated carbocycles. The molecule has 29 heavy (non-hydrogen) atoms. The van der Waals surface area contributed by atoms with E-state index in [2.05, 4.69) is 5.32 Å². The molecule has 0 aliphatic carbocycles. The lowest BCUT2D eigenvalue weighted by Crippen LogP contribution is -2.45. The van der Waals surface area contributed by atoms with E-state index in [4.69, 9.17) is 4.74 Å². The molecular formula is C24H29NO4. The van der Waals surface area contributed by atoms with Gasteiger partial charge in [0.15, 0.2) is 5.78 Å². The van der Waals surface area contributed by atoms with Gasteiger partial charge in [-0.05, 0) is 24.3 Å². The maximum atomic E-state index is 13.1. The van der Waals surface area contributed by atoms with Crippen molar-refractivity contribution in [2.24, 2.45) is 11.8 Å². The Labute approximate surface area is 172 Å². The molecule has 0 aromatic heterocycles. The molecule has 2 aromatic carbocycles. The van der Waals surface area contributed by atoms with E-state index >= 15 is 0 Å². The Morgan fingerprint density at radius 3 is 2.07 bits per heavy atom. The van der Waals surface area contributed by atoms with Crippen LogP contribution in [0.2, 0.25) is 0 Å². The molecule has 1 unspecified atom stereocenters. The molecule has 2 rings (SSSR count). The Bertz CT molecular complexity index is 802. The number of hydrogen-bond acceptors (Lipinski definition) is 4. The predicted molar refractivity (Wildman–Crippen MR) is 112 cm³/mol. The number of ether oxygens (including phenoxy) is 1. The van der Waals surface area contributed by atoms with Gasteiger partial charge in [-0.1, -0.05) is 74.5 Å². The van der Waals surface area contributed by atoms with E-state index < -0.39 is 17.9 Å². The summed E-state index contributed by atoms with van der Waals surface area (Å²) in [6.45, 7) is 3.95. The van der Waals surface area contributed by atoms with Crippen molar-refractivity contribution in [1.82, 2.24) is 5.32 Å². The summed E-state index contributed by atoms with van der Waals surface area (Å²) in [5.74, 6) is -1.25. The third-order valence-electron chi connectivity index (χ3n) is 4.73. The fraction of sp³-hybridized carbons (Fsp3) is 0.375. The van der Waals surface area contributed by atoms with Gasteiger partial charge in [-0.2, -0.15) is 0 Å². The van der Waals surface area contributed by atoms with Crippen LogP contribution in [0.15, 0.2) is 60.7 Å². The molecule has 0 aliphatic rings. The van der Waals surface area contributed by atoms with E-state index in [0.29, 0.717) is 18.4 Å². The lowest BCUT2D eigenvalue weighted by Gasteiger charge is -2.22. The summed E-state index contributed by atoms with van der Waals surface area (Å²) >= 11 is 0. The average Bonchev–Trinajstić information content (AvgIpc) is 2.73. The van der Waals surface area contributed by atoms with Gasteiger partial charge in [-0.3, -0.25) is 9.59 Å². The molecular weight excluding hydrogens is 366 g/mol. The molecule has 0 fully saturated rings. The summed E-state index contributed by atoms with van der Waals surface area (Å²) in [6, 6.07) is 17.8. The highest BCUT2D eigenvalue weighted by molar-refractivity contribution is 5.99. The van der Waals surface area contributed by atoms with E-state index in [-0.39, 0.29) is 24.0 Å². The first kappa shape index (κ1) is 22.3. The van der Waals surface area contributed by atoms with Gasteiger partial charge in [0.05, 0.1) is 7.11 Å². The van der Waals surface area contributed by atoms with Crippen LogP contribution in [-0.4, -0.2) is 30.8 Å². The van der Waals surface area contributed by atoms with E-state index in [9.17, 15) is 14.4 Å². The zero-order valence-corrected chi connectivity index (χ0v) is 17.3. The van der Waals surface area contributed by atoms with E-state index in [1.54, 1.807) is 24.3 Å². The van der Waals surface area contributed by atoms with Gasteiger partial charge in [0, 0.05) is 17.9 Å². The summed E-state index contributed by atoms with van der Waals surface area (Å²) in [7, 11) is 1.31. The highest BCUT2D eigenvalue weighted by Gasteiger charge is 2.28. The molecule has 5 heteroatoms. The average molecular weight is 395 g/mol. The minimum absolute atomic E-state index is 0.0698. The van der Waals surface area contributed by atoms with Crippen LogP contribution in [0.5, 0.6) is 0 Å². The van der Waals surface area contributed by atoms with Gasteiger partial charge < -0.3 is 10.1 Å². The minimum Gasteiger partial charge on any atom is -0.467 e. The first-order valence-corrected chi connectivity index (χ1v) is 9.91. The minimum atomic E-state index is -0.724. The number of benzene rings is 2. The monoisotopic (exact) mass is 395 g/mol. The first-order chi connectivity index (χ1) is 13.9. The van der Waals surface area contributed by atoms with E-state index in [0.717, 1.165) is 5.56 Å². The quantitative estimate of drug-likeness (QED) is 0.490. The van der Waals surface area contributed by atoms with Crippen molar-refractivity contribution in [2.75, 3.05) is 7.11 Å². The van der Waals surface area contributed by atoms with Crippen molar-refractivity contribution in [3.63, 3.8) is 0 Å². The highest BCUT2D eigenvalue weighted by Crippen LogP contribution is 2.18. The van der Waals surface area contributed by atoms with Gasteiger partial charge in [0.1, 0.15) is 6.04 Å². The predicted octanol–water partition coefficient (Wildman–Crippen LogP) is 3.82. The second-order valence-electron chi connectivity index (χ2n) is 7.59. The molecule has 0 heterocycles. The number of carbonyl (C=O) groups excluding carboxylic acids is 3. The SMILES string of the molecule is COC(=O)[C@H](CC(C)C)NC(=O)C(CC(=O)c1ccccc1)Cc1ccccc1. The van der Waals surface area contributed by atoms with Crippen LogP contribution in [0.4, 0.5) is 0 Å². The largest absolute Gasteiger partial charge is 0.467 e. The number of carbonyl (C=O) groups is 3. The molecule has 0 aliphatic heterocycles. The molecule has 1 amide bonds. The summed E-state index contributed by atoms with van der Waals surface area (Å²) < 4.78 is 4.84. The van der Waals surface area contributed by atoms with Crippen LogP contribution < -0.4 is 5.32 Å². The molecule has 5 nitrogen and oxygen atoms in total. The van der Waals surface area contributed by atoms with Gasteiger partial charge in [-0.25, -0.2) is 4.79 Å². The topological polar surface area (TPSA) is 72.5 Å². The summed E-state index contributed by atoms with van der Waals surface area (Å²) in [4.78, 5) is 37.9. The number of ketones is 1. The Morgan fingerprint density at radius 2 is 1.52 bits per heavy atom. The second kappa shape index (κ2) is 11.1. The fourth-order valence-corrected chi connectivity index (χ4v) is 3.24. The number of nitrogens with one attached hydrogen (secondary N) is 1. The number of methoxy groups -OCH3 is 1. The van der Waals surface area contributed by atoms with Gasteiger partial charge >= 0.3 is 5.97 Å². The fourth-order valence-electron chi connectivity index (χ4n) is 3.24. The number of esters is 1. The molecule has 154 valence electrons.